The molecule has 0 aliphatic carbocycles. The van der Waals surface area contributed by atoms with E-state index < -0.39 is 0 Å². The van der Waals surface area contributed by atoms with Crippen LogP contribution in [0.25, 0.3) is 16.9 Å². The Kier molecular flexibility index (Phi) is 6.18. The highest BCUT2D eigenvalue weighted by Crippen LogP contribution is 2.31. The Labute approximate surface area is 168 Å². The highest BCUT2D eigenvalue weighted by atomic mass is 16.2. The molecule has 0 fully saturated rings. The molecular weight excluding hydrogens is 346 g/mol. The zero-order valence-electron chi connectivity index (χ0n) is 17.7. The number of aromatic nitrogens is 2. The van der Waals surface area contributed by atoms with E-state index in [0.717, 1.165) is 54.0 Å². The van der Waals surface area contributed by atoms with Gasteiger partial charge in [-0.15, -0.1) is 0 Å². The lowest BCUT2D eigenvalue weighted by atomic mass is 9.98. The number of nitrogens with one attached hydrogen (secondary N) is 1. The normalized spacial score (nSPS) is 12.3. The summed E-state index contributed by atoms with van der Waals surface area (Å²) in [6.07, 6.45) is 5.94. The van der Waals surface area contributed by atoms with Crippen molar-refractivity contribution in [1.29, 1.82) is 0 Å². The van der Waals surface area contributed by atoms with Crippen LogP contribution in [-0.2, 0) is 4.79 Å². The molecular formula is C24H31N3O. The van der Waals surface area contributed by atoms with Gasteiger partial charge >= 0.3 is 0 Å². The van der Waals surface area contributed by atoms with Crippen LogP contribution in [-0.4, -0.2) is 15.3 Å². The number of unbranched alkanes of at least 4 members (excludes halogenated alkanes) is 1. The van der Waals surface area contributed by atoms with Crippen LogP contribution >= 0.6 is 0 Å². The van der Waals surface area contributed by atoms with Crippen LogP contribution in [0.1, 0.15) is 56.2 Å². The van der Waals surface area contributed by atoms with Gasteiger partial charge in [-0.2, -0.15) is 0 Å². The maximum absolute atomic E-state index is 13.0. The van der Waals surface area contributed by atoms with Gasteiger partial charge in [0.2, 0.25) is 5.91 Å². The lowest BCUT2D eigenvalue weighted by molar-refractivity contribution is -0.120. The van der Waals surface area contributed by atoms with Gasteiger partial charge in [-0.05, 0) is 63.4 Å². The summed E-state index contributed by atoms with van der Waals surface area (Å²) in [6.45, 7) is 10.5. The van der Waals surface area contributed by atoms with E-state index in [1.807, 2.05) is 16.7 Å². The molecule has 1 aromatic carbocycles. The van der Waals surface area contributed by atoms with Gasteiger partial charge in [0.25, 0.3) is 0 Å². The molecule has 1 N–H and O–H groups in total. The quantitative estimate of drug-likeness (QED) is 0.542. The molecule has 3 rings (SSSR count). The van der Waals surface area contributed by atoms with Gasteiger partial charge in [0.05, 0.1) is 0 Å². The molecule has 0 bridgehead atoms. The van der Waals surface area contributed by atoms with E-state index in [1.165, 1.54) is 11.1 Å². The molecule has 0 radical (unpaired) electrons. The molecule has 3 aromatic rings. The van der Waals surface area contributed by atoms with Gasteiger partial charge in [-0.25, -0.2) is 4.98 Å². The molecule has 1 amide bonds. The monoisotopic (exact) mass is 377 g/mol. The molecule has 1 atom stereocenters. The van der Waals surface area contributed by atoms with Crippen LogP contribution in [0.3, 0.4) is 0 Å². The smallest absolute Gasteiger partial charge is 0.228 e. The number of hydrogen-bond donors (Lipinski definition) is 1. The van der Waals surface area contributed by atoms with Crippen LogP contribution < -0.4 is 5.32 Å². The first-order valence-corrected chi connectivity index (χ1v) is 10.3. The molecule has 4 heteroatoms. The number of pyridine rings is 1. The Balaban J connectivity index is 2.07. The second-order valence-electron chi connectivity index (χ2n) is 7.85. The molecule has 2 heterocycles. The summed E-state index contributed by atoms with van der Waals surface area (Å²) < 4.78 is 1.99. The molecule has 28 heavy (non-hydrogen) atoms. The van der Waals surface area contributed by atoms with E-state index >= 15 is 0 Å². The van der Waals surface area contributed by atoms with Crippen LogP contribution in [0, 0.1) is 26.7 Å². The van der Waals surface area contributed by atoms with E-state index in [9.17, 15) is 4.79 Å². The van der Waals surface area contributed by atoms with Crippen molar-refractivity contribution in [2.45, 2.75) is 60.3 Å². The van der Waals surface area contributed by atoms with Crippen molar-refractivity contribution in [2.75, 3.05) is 5.32 Å². The number of anilines is 1. The number of benzene rings is 1. The molecule has 0 saturated carbocycles. The SMILES string of the molecule is CCCCC(CC)C(=O)Nc1c(-c2cc(C)cc(C)c2)nc2cc(C)ccn12. The van der Waals surface area contributed by atoms with Crippen molar-refractivity contribution in [3.63, 3.8) is 0 Å². The first-order valence-electron chi connectivity index (χ1n) is 10.3. The summed E-state index contributed by atoms with van der Waals surface area (Å²) in [5.41, 5.74) is 6.25. The van der Waals surface area contributed by atoms with E-state index in [0.29, 0.717) is 0 Å². The average Bonchev–Trinajstić information content (AvgIpc) is 2.99. The fourth-order valence-electron chi connectivity index (χ4n) is 3.77. The van der Waals surface area contributed by atoms with Crippen molar-refractivity contribution < 1.29 is 4.79 Å². The van der Waals surface area contributed by atoms with Gasteiger partial charge in [-0.3, -0.25) is 9.20 Å². The van der Waals surface area contributed by atoms with E-state index in [-0.39, 0.29) is 11.8 Å². The van der Waals surface area contributed by atoms with E-state index in [2.05, 4.69) is 64.2 Å². The number of rotatable bonds is 7. The maximum Gasteiger partial charge on any atom is 0.228 e. The second-order valence-corrected chi connectivity index (χ2v) is 7.85. The third-order valence-electron chi connectivity index (χ3n) is 5.29. The molecule has 1 unspecified atom stereocenters. The summed E-state index contributed by atoms with van der Waals surface area (Å²) in [5, 5.41) is 3.21. The number of fused-ring (bicyclic) bond motifs is 1. The first kappa shape index (κ1) is 20.1. The molecule has 0 aliphatic rings. The number of carbonyl (C=O) groups excluding carboxylic acids is 1. The van der Waals surface area contributed by atoms with Crippen LogP contribution in [0.2, 0.25) is 0 Å². The Bertz CT molecular complexity index is 967. The van der Waals surface area contributed by atoms with Crippen LogP contribution in [0.5, 0.6) is 0 Å². The van der Waals surface area contributed by atoms with Crippen molar-refractivity contribution in [3.8, 4) is 11.3 Å². The standard InChI is InChI=1S/C24H31N3O/c1-6-8-9-19(7-2)24(28)26-23-22(20-13-17(4)12-18(5)14-20)25-21-15-16(3)10-11-27(21)23/h10-15,19H,6-9H2,1-5H3,(H,26,28). The number of aryl methyl sites for hydroxylation is 3. The fraction of sp³-hybridized carbons (Fsp3) is 0.417. The first-order chi connectivity index (χ1) is 13.4. The maximum atomic E-state index is 13.0. The zero-order valence-corrected chi connectivity index (χ0v) is 17.7. The van der Waals surface area contributed by atoms with Crippen molar-refractivity contribution in [3.05, 3.63) is 53.2 Å². The van der Waals surface area contributed by atoms with Gasteiger partial charge in [-0.1, -0.05) is 43.9 Å². The molecule has 0 aliphatic heterocycles. The number of nitrogens with zero attached hydrogens (tertiary/aromatic N) is 2. The number of amides is 1. The summed E-state index contributed by atoms with van der Waals surface area (Å²) >= 11 is 0. The summed E-state index contributed by atoms with van der Waals surface area (Å²) in [7, 11) is 0. The van der Waals surface area contributed by atoms with Crippen LogP contribution in [0.4, 0.5) is 5.82 Å². The minimum atomic E-state index is 0.0306. The summed E-state index contributed by atoms with van der Waals surface area (Å²) in [4.78, 5) is 17.9. The third kappa shape index (κ3) is 4.27. The number of imidazole rings is 1. The Morgan fingerprint density at radius 3 is 2.43 bits per heavy atom. The van der Waals surface area contributed by atoms with Crippen LogP contribution in [0.15, 0.2) is 36.5 Å². The lowest BCUT2D eigenvalue weighted by Crippen LogP contribution is -2.23. The summed E-state index contributed by atoms with van der Waals surface area (Å²) in [6, 6.07) is 10.5. The van der Waals surface area contributed by atoms with Crippen molar-refractivity contribution >= 4 is 17.4 Å². The van der Waals surface area contributed by atoms with Gasteiger partial charge in [0.1, 0.15) is 17.2 Å². The highest BCUT2D eigenvalue weighted by molar-refractivity contribution is 5.96. The number of hydrogen-bond acceptors (Lipinski definition) is 2. The Hall–Kier alpha value is -2.62. The Morgan fingerprint density at radius 1 is 1.07 bits per heavy atom. The molecule has 148 valence electrons. The van der Waals surface area contributed by atoms with Gasteiger partial charge in [0.15, 0.2) is 0 Å². The Morgan fingerprint density at radius 2 is 1.79 bits per heavy atom. The zero-order chi connectivity index (χ0) is 20.3. The molecule has 4 nitrogen and oxygen atoms in total. The fourth-order valence-corrected chi connectivity index (χ4v) is 3.77. The predicted molar refractivity (Wildman–Crippen MR) is 117 cm³/mol. The van der Waals surface area contributed by atoms with E-state index in [1.54, 1.807) is 0 Å². The van der Waals surface area contributed by atoms with Gasteiger partial charge in [0, 0.05) is 17.7 Å². The van der Waals surface area contributed by atoms with Crippen molar-refractivity contribution in [1.82, 2.24) is 9.38 Å². The van der Waals surface area contributed by atoms with Crippen molar-refractivity contribution in [2.24, 2.45) is 5.92 Å². The molecule has 0 spiro atoms. The predicted octanol–water partition coefficient (Wildman–Crippen LogP) is 6.08. The van der Waals surface area contributed by atoms with E-state index in [4.69, 9.17) is 4.98 Å². The third-order valence-corrected chi connectivity index (χ3v) is 5.29. The van der Waals surface area contributed by atoms with Gasteiger partial charge < -0.3 is 5.32 Å². The lowest BCUT2D eigenvalue weighted by Gasteiger charge is -2.15. The minimum absolute atomic E-state index is 0.0306. The topological polar surface area (TPSA) is 46.4 Å². The molecule has 0 saturated heterocycles. The average molecular weight is 378 g/mol. The molecule has 2 aromatic heterocycles. The highest BCUT2D eigenvalue weighted by Gasteiger charge is 2.21. The largest absolute Gasteiger partial charge is 0.310 e. The minimum Gasteiger partial charge on any atom is -0.310 e. The summed E-state index contributed by atoms with van der Waals surface area (Å²) in [5.74, 6) is 0.881. The second kappa shape index (κ2) is 8.59. The number of carbonyl (C=O) groups is 1.